The summed E-state index contributed by atoms with van der Waals surface area (Å²) in [5.74, 6) is 0.715. The number of rotatable bonds is 4. The number of fused-ring (bicyclic) bond motifs is 1. The molecule has 1 aromatic heterocycles. The third-order valence-corrected chi connectivity index (χ3v) is 5.93. The van der Waals surface area contributed by atoms with Gasteiger partial charge in [0.05, 0.1) is 17.6 Å². The Kier molecular flexibility index (Phi) is 4.76. The van der Waals surface area contributed by atoms with Gasteiger partial charge >= 0.3 is 0 Å². The minimum atomic E-state index is -0.623. The first kappa shape index (κ1) is 18.8. The number of carbonyl (C=O) groups is 2. The number of ether oxygens (including phenoxy) is 2. The molecule has 150 valence electrons. The summed E-state index contributed by atoms with van der Waals surface area (Å²) in [6.07, 6.45) is 1.59. The van der Waals surface area contributed by atoms with E-state index in [1.165, 1.54) is 11.1 Å². The van der Waals surface area contributed by atoms with Gasteiger partial charge in [-0.1, -0.05) is 23.4 Å². The van der Waals surface area contributed by atoms with Gasteiger partial charge in [-0.05, 0) is 42.5 Å². The molecule has 0 spiro atoms. The van der Waals surface area contributed by atoms with E-state index in [4.69, 9.17) is 21.1 Å². The second kappa shape index (κ2) is 7.58. The first-order valence-corrected chi connectivity index (χ1v) is 10.2. The van der Waals surface area contributed by atoms with Crippen LogP contribution in [0.1, 0.15) is 6.42 Å². The zero-order valence-electron chi connectivity index (χ0n) is 15.3. The van der Waals surface area contributed by atoms with Gasteiger partial charge in [-0.3, -0.25) is 9.59 Å². The summed E-state index contributed by atoms with van der Waals surface area (Å²) in [6.45, 7) is 0.184. The number of amides is 2. The van der Waals surface area contributed by atoms with Crippen LogP contribution < -0.4 is 14.4 Å². The van der Waals surface area contributed by atoms with Crippen LogP contribution in [-0.2, 0) is 9.59 Å². The van der Waals surface area contributed by atoms with E-state index >= 15 is 0 Å². The van der Waals surface area contributed by atoms with Gasteiger partial charge in [0.2, 0.25) is 23.8 Å². The van der Waals surface area contributed by atoms with Crippen molar-refractivity contribution in [1.29, 1.82) is 0 Å². The Hall–Kier alpha value is -3.17. The molecule has 5 rings (SSSR count). The summed E-state index contributed by atoms with van der Waals surface area (Å²) >= 11 is 7.01. The Bertz CT molecular complexity index is 1160. The van der Waals surface area contributed by atoms with Crippen LogP contribution in [0.3, 0.4) is 0 Å². The van der Waals surface area contributed by atoms with E-state index in [2.05, 4.69) is 15.2 Å². The van der Waals surface area contributed by atoms with Crippen molar-refractivity contribution in [2.24, 2.45) is 0 Å². The smallest absolute Gasteiger partial charge is 0.247 e. The molecule has 0 saturated carbocycles. The normalized spacial score (nSPS) is 17.6. The van der Waals surface area contributed by atoms with E-state index < -0.39 is 5.25 Å². The van der Waals surface area contributed by atoms with Gasteiger partial charge in [0, 0.05) is 17.0 Å². The topological polar surface area (TPSA) is 94.5 Å². The zero-order chi connectivity index (χ0) is 20.7. The SMILES string of the molecule is O=C1CC(Sc2nncc(-c3ccc4c(c3)OCO4)n2)C(=O)N1c1ccc(Cl)cc1. The third-order valence-electron chi connectivity index (χ3n) is 4.65. The molecule has 2 amide bonds. The van der Waals surface area contributed by atoms with E-state index in [0.29, 0.717) is 33.1 Å². The second-order valence-electron chi connectivity index (χ2n) is 6.55. The highest BCUT2D eigenvalue weighted by Gasteiger charge is 2.40. The third kappa shape index (κ3) is 3.46. The summed E-state index contributed by atoms with van der Waals surface area (Å²) in [6, 6.07) is 12.0. The molecule has 10 heteroatoms. The van der Waals surface area contributed by atoms with E-state index in [9.17, 15) is 9.59 Å². The van der Waals surface area contributed by atoms with Crippen LogP contribution in [0.2, 0.25) is 5.02 Å². The van der Waals surface area contributed by atoms with Crippen LogP contribution >= 0.6 is 23.4 Å². The molecule has 1 atom stereocenters. The molecule has 30 heavy (non-hydrogen) atoms. The molecule has 1 fully saturated rings. The monoisotopic (exact) mass is 440 g/mol. The fraction of sp³-hybridized carbons (Fsp3) is 0.150. The molecule has 3 aromatic rings. The van der Waals surface area contributed by atoms with Gasteiger partial charge in [0.15, 0.2) is 11.5 Å². The zero-order valence-corrected chi connectivity index (χ0v) is 16.9. The Balaban J connectivity index is 1.36. The van der Waals surface area contributed by atoms with E-state index in [1.807, 2.05) is 12.1 Å². The highest BCUT2D eigenvalue weighted by Crippen LogP contribution is 2.36. The van der Waals surface area contributed by atoms with Crippen LogP contribution in [0.15, 0.2) is 53.8 Å². The number of thioether (sulfide) groups is 1. The Morgan fingerprint density at radius 2 is 1.87 bits per heavy atom. The molecule has 0 N–H and O–H groups in total. The maximum absolute atomic E-state index is 12.8. The molecule has 2 aliphatic heterocycles. The number of hydrogen-bond donors (Lipinski definition) is 0. The molecule has 0 radical (unpaired) electrons. The fourth-order valence-corrected chi connectivity index (χ4v) is 4.27. The number of benzene rings is 2. The van der Waals surface area contributed by atoms with Gasteiger partial charge in [-0.2, -0.15) is 5.10 Å². The van der Waals surface area contributed by atoms with E-state index in [-0.39, 0.29) is 25.0 Å². The molecule has 2 aromatic carbocycles. The lowest BCUT2D eigenvalue weighted by Gasteiger charge is -2.14. The lowest BCUT2D eigenvalue weighted by Crippen LogP contribution is -2.31. The summed E-state index contributed by atoms with van der Waals surface area (Å²) in [4.78, 5) is 30.9. The van der Waals surface area contributed by atoms with E-state index in [1.54, 1.807) is 30.3 Å². The maximum Gasteiger partial charge on any atom is 0.247 e. The summed E-state index contributed by atoms with van der Waals surface area (Å²) in [7, 11) is 0. The van der Waals surface area contributed by atoms with Gasteiger partial charge < -0.3 is 9.47 Å². The minimum absolute atomic E-state index is 0.0593. The number of anilines is 1. The van der Waals surface area contributed by atoms with Crippen molar-refractivity contribution in [2.75, 3.05) is 11.7 Å². The summed E-state index contributed by atoms with van der Waals surface area (Å²) in [5, 5.41) is 8.24. The van der Waals surface area contributed by atoms with Crippen LogP contribution in [0.25, 0.3) is 11.3 Å². The average molecular weight is 441 g/mol. The molecule has 0 aliphatic carbocycles. The summed E-state index contributed by atoms with van der Waals surface area (Å²) in [5.41, 5.74) is 1.86. The van der Waals surface area contributed by atoms with Crippen molar-refractivity contribution in [1.82, 2.24) is 15.2 Å². The standard InChI is InChI=1S/C20H13ClN4O4S/c21-12-2-4-13(5-3-12)25-18(26)8-17(19(25)27)30-20-23-14(9-22-24-20)11-1-6-15-16(7-11)29-10-28-15/h1-7,9,17H,8,10H2. The predicted molar refractivity (Wildman–Crippen MR) is 110 cm³/mol. The van der Waals surface area contributed by atoms with Crippen molar-refractivity contribution in [3.63, 3.8) is 0 Å². The second-order valence-corrected chi connectivity index (χ2v) is 8.15. The molecular weight excluding hydrogens is 428 g/mol. The van der Waals surface area contributed by atoms with Crippen molar-refractivity contribution in [2.45, 2.75) is 16.8 Å². The van der Waals surface area contributed by atoms with Gasteiger partial charge in [-0.15, -0.1) is 5.10 Å². The van der Waals surface area contributed by atoms with Crippen molar-refractivity contribution < 1.29 is 19.1 Å². The summed E-state index contributed by atoms with van der Waals surface area (Å²) < 4.78 is 10.7. The van der Waals surface area contributed by atoms with Gasteiger partial charge in [-0.25, -0.2) is 9.88 Å². The van der Waals surface area contributed by atoms with Crippen LogP contribution in [0.4, 0.5) is 5.69 Å². The van der Waals surface area contributed by atoms with Gasteiger partial charge in [0.25, 0.3) is 0 Å². The number of nitrogens with zero attached hydrogens (tertiary/aromatic N) is 4. The van der Waals surface area contributed by atoms with Crippen molar-refractivity contribution >= 4 is 40.9 Å². The first-order valence-electron chi connectivity index (χ1n) is 8.97. The number of imide groups is 1. The largest absolute Gasteiger partial charge is 0.454 e. The predicted octanol–water partition coefficient (Wildman–Crippen LogP) is 3.34. The molecular formula is C20H13ClN4O4S. The quantitative estimate of drug-likeness (QED) is 0.570. The molecule has 2 aliphatic rings. The Morgan fingerprint density at radius 1 is 1.07 bits per heavy atom. The van der Waals surface area contributed by atoms with Crippen LogP contribution in [0, 0.1) is 0 Å². The molecule has 8 nitrogen and oxygen atoms in total. The van der Waals surface area contributed by atoms with Gasteiger partial charge in [0.1, 0.15) is 5.25 Å². The lowest BCUT2D eigenvalue weighted by atomic mass is 10.1. The molecule has 0 bridgehead atoms. The lowest BCUT2D eigenvalue weighted by molar-refractivity contribution is -0.121. The highest BCUT2D eigenvalue weighted by molar-refractivity contribution is 8.00. The van der Waals surface area contributed by atoms with Crippen molar-refractivity contribution in [3.05, 3.63) is 53.7 Å². The minimum Gasteiger partial charge on any atom is -0.454 e. The highest BCUT2D eigenvalue weighted by atomic mass is 35.5. The Morgan fingerprint density at radius 3 is 2.70 bits per heavy atom. The molecule has 1 saturated heterocycles. The Labute approximate surface area is 180 Å². The number of aromatic nitrogens is 3. The molecule has 1 unspecified atom stereocenters. The molecule has 3 heterocycles. The maximum atomic E-state index is 12.8. The fourth-order valence-electron chi connectivity index (χ4n) is 3.22. The van der Waals surface area contributed by atoms with E-state index in [0.717, 1.165) is 17.3 Å². The number of carbonyl (C=O) groups excluding carboxylic acids is 2. The average Bonchev–Trinajstić information content (AvgIpc) is 3.33. The van der Waals surface area contributed by atoms with Crippen molar-refractivity contribution in [3.8, 4) is 22.8 Å². The number of hydrogen-bond acceptors (Lipinski definition) is 8. The van der Waals surface area contributed by atoms with Crippen LogP contribution in [-0.4, -0.2) is 39.0 Å². The number of halogens is 1. The first-order chi connectivity index (χ1) is 14.6. The van der Waals surface area contributed by atoms with Crippen LogP contribution in [0.5, 0.6) is 11.5 Å².